The molecule has 1 heterocycles. The average molecular weight is 237 g/mol. The van der Waals surface area contributed by atoms with E-state index in [4.69, 9.17) is 0 Å². The molecule has 0 spiro atoms. The van der Waals surface area contributed by atoms with Crippen molar-refractivity contribution in [3.8, 4) is 0 Å². The lowest BCUT2D eigenvalue weighted by Crippen LogP contribution is -2.31. The van der Waals surface area contributed by atoms with Crippen LogP contribution in [0.5, 0.6) is 0 Å². The van der Waals surface area contributed by atoms with E-state index in [2.05, 4.69) is 10.1 Å². The third kappa shape index (κ3) is 2.18. The van der Waals surface area contributed by atoms with Gasteiger partial charge in [0.2, 0.25) is 0 Å². The summed E-state index contributed by atoms with van der Waals surface area (Å²) in [7, 11) is 0. The van der Waals surface area contributed by atoms with E-state index in [-0.39, 0.29) is 6.04 Å². The SMILES string of the molecule is CC(C)n1ncnc1CC1(C(=O)O)CCCC1. The molecule has 1 fully saturated rings. The molecule has 1 N–H and O–H groups in total. The van der Waals surface area contributed by atoms with Crippen LogP contribution in [0.4, 0.5) is 0 Å². The topological polar surface area (TPSA) is 68.0 Å². The number of hydrogen-bond donors (Lipinski definition) is 1. The van der Waals surface area contributed by atoms with Gasteiger partial charge >= 0.3 is 5.97 Å². The molecule has 17 heavy (non-hydrogen) atoms. The molecular weight excluding hydrogens is 218 g/mol. The number of rotatable bonds is 4. The zero-order valence-corrected chi connectivity index (χ0v) is 10.4. The Kier molecular flexibility index (Phi) is 3.17. The number of nitrogens with zero attached hydrogens (tertiary/aromatic N) is 3. The van der Waals surface area contributed by atoms with Crippen LogP contribution in [-0.2, 0) is 11.2 Å². The molecule has 1 saturated carbocycles. The van der Waals surface area contributed by atoms with E-state index >= 15 is 0 Å². The van der Waals surface area contributed by atoms with Gasteiger partial charge in [-0.25, -0.2) is 9.67 Å². The van der Waals surface area contributed by atoms with Gasteiger partial charge in [0.1, 0.15) is 12.2 Å². The fourth-order valence-electron chi connectivity index (χ4n) is 2.65. The van der Waals surface area contributed by atoms with Crippen molar-refractivity contribution < 1.29 is 9.90 Å². The second-order valence-corrected chi connectivity index (χ2v) is 5.18. The van der Waals surface area contributed by atoms with E-state index in [0.717, 1.165) is 31.5 Å². The summed E-state index contributed by atoms with van der Waals surface area (Å²) in [4.78, 5) is 15.7. The van der Waals surface area contributed by atoms with Crippen molar-refractivity contribution in [1.29, 1.82) is 0 Å². The first-order chi connectivity index (χ1) is 8.05. The van der Waals surface area contributed by atoms with Gasteiger partial charge in [-0.3, -0.25) is 4.79 Å². The molecule has 94 valence electrons. The summed E-state index contributed by atoms with van der Waals surface area (Å²) in [6, 6.07) is 0.222. The van der Waals surface area contributed by atoms with Crippen LogP contribution in [0.3, 0.4) is 0 Å². The Morgan fingerprint density at radius 3 is 2.71 bits per heavy atom. The Balaban J connectivity index is 2.24. The van der Waals surface area contributed by atoms with Gasteiger partial charge in [-0.2, -0.15) is 5.10 Å². The molecule has 1 aliphatic rings. The molecule has 2 rings (SSSR count). The summed E-state index contributed by atoms with van der Waals surface area (Å²) in [6.07, 6.45) is 5.53. The molecule has 5 nitrogen and oxygen atoms in total. The van der Waals surface area contributed by atoms with Crippen LogP contribution in [0, 0.1) is 5.41 Å². The van der Waals surface area contributed by atoms with E-state index in [0.29, 0.717) is 6.42 Å². The van der Waals surface area contributed by atoms with Crippen LogP contribution in [0.15, 0.2) is 6.33 Å². The van der Waals surface area contributed by atoms with Crippen LogP contribution in [0.1, 0.15) is 51.4 Å². The maximum absolute atomic E-state index is 11.5. The van der Waals surface area contributed by atoms with Crippen molar-refractivity contribution in [2.75, 3.05) is 0 Å². The Bertz CT molecular complexity index is 406. The molecule has 1 aliphatic carbocycles. The minimum atomic E-state index is -0.687. The molecule has 1 aromatic rings. The molecular formula is C12H19N3O2. The van der Waals surface area contributed by atoms with E-state index in [9.17, 15) is 9.90 Å². The van der Waals surface area contributed by atoms with Gasteiger partial charge in [0.15, 0.2) is 0 Å². The molecule has 0 aliphatic heterocycles. The van der Waals surface area contributed by atoms with Crippen molar-refractivity contribution in [3.05, 3.63) is 12.2 Å². The molecule has 0 unspecified atom stereocenters. The van der Waals surface area contributed by atoms with E-state index in [1.54, 1.807) is 0 Å². The summed E-state index contributed by atoms with van der Waals surface area (Å²) in [5.74, 6) is 0.109. The molecule has 0 saturated heterocycles. The lowest BCUT2D eigenvalue weighted by molar-refractivity contribution is -0.148. The molecule has 5 heteroatoms. The lowest BCUT2D eigenvalue weighted by Gasteiger charge is -2.23. The lowest BCUT2D eigenvalue weighted by atomic mass is 9.82. The highest BCUT2D eigenvalue weighted by Crippen LogP contribution is 2.41. The fraction of sp³-hybridized carbons (Fsp3) is 0.750. The Morgan fingerprint density at radius 2 is 2.18 bits per heavy atom. The maximum atomic E-state index is 11.5. The van der Waals surface area contributed by atoms with Crippen molar-refractivity contribution in [1.82, 2.24) is 14.8 Å². The van der Waals surface area contributed by atoms with Crippen LogP contribution in [0.2, 0.25) is 0 Å². The second-order valence-electron chi connectivity index (χ2n) is 5.18. The third-order valence-electron chi connectivity index (χ3n) is 3.65. The maximum Gasteiger partial charge on any atom is 0.310 e. The minimum absolute atomic E-state index is 0.222. The first kappa shape index (κ1) is 12.1. The predicted octanol–water partition coefficient (Wildman–Crippen LogP) is 2.05. The van der Waals surface area contributed by atoms with Gasteiger partial charge in [-0.05, 0) is 26.7 Å². The van der Waals surface area contributed by atoms with Crippen molar-refractivity contribution in [2.45, 2.75) is 52.0 Å². The summed E-state index contributed by atoms with van der Waals surface area (Å²) >= 11 is 0. The van der Waals surface area contributed by atoms with Crippen molar-refractivity contribution in [3.63, 3.8) is 0 Å². The smallest absolute Gasteiger partial charge is 0.310 e. The van der Waals surface area contributed by atoms with Crippen molar-refractivity contribution >= 4 is 5.97 Å². The molecule has 0 aromatic carbocycles. The monoisotopic (exact) mass is 237 g/mol. The summed E-state index contributed by atoms with van der Waals surface area (Å²) in [5.41, 5.74) is -0.611. The number of carboxylic acid groups (broad SMARTS) is 1. The largest absolute Gasteiger partial charge is 0.481 e. The van der Waals surface area contributed by atoms with Gasteiger partial charge < -0.3 is 5.11 Å². The summed E-state index contributed by atoms with van der Waals surface area (Å²) in [6.45, 7) is 4.06. The Morgan fingerprint density at radius 1 is 1.53 bits per heavy atom. The Hall–Kier alpha value is -1.39. The highest BCUT2D eigenvalue weighted by molar-refractivity contribution is 5.75. The van der Waals surface area contributed by atoms with Crippen LogP contribution in [0.25, 0.3) is 0 Å². The fourth-order valence-corrected chi connectivity index (χ4v) is 2.65. The first-order valence-electron chi connectivity index (χ1n) is 6.17. The number of aliphatic carboxylic acids is 1. The zero-order valence-electron chi connectivity index (χ0n) is 10.4. The zero-order chi connectivity index (χ0) is 12.5. The first-order valence-corrected chi connectivity index (χ1v) is 6.17. The van der Waals surface area contributed by atoms with Crippen LogP contribution in [-0.4, -0.2) is 25.8 Å². The van der Waals surface area contributed by atoms with Gasteiger partial charge in [0.05, 0.1) is 5.41 Å². The standard InChI is InChI=1S/C12H19N3O2/c1-9(2)15-10(13-8-14-15)7-12(11(16)17)5-3-4-6-12/h8-9H,3-7H2,1-2H3,(H,16,17). The van der Waals surface area contributed by atoms with Crippen LogP contribution >= 0.6 is 0 Å². The van der Waals surface area contributed by atoms with Gasteiger partial charge in [-0.15, -0.1) is 0 Å². The van der Waals surface area contributed by atoms with Gasteiger partial charge in [0.25, 0.3) is 0 Å². The highest BCUT2D eigenvalue weighted by atomic mass is 16.4. The molecule has 1 aromatic heterocycles. The molecule has 0 radical (unpaired) electrons. The van der Waals surface area contributed by atoms with E-state index < -0.39 is 11.4 Å². The average Bonchev–Trinajstić information content (AvgIpc) is 2.87. The quantitative estimate of drug-likeness (QED) is 0.870. The predicted molar refractivity (Wildman–Crippen MR) is 62.6 cm³/mol. The highest BCUT2D eigenvalue weighted by Gasteiger charge is 2.42. The minimum Gasteiger partial charge on any atom is -0.481 e. The van der Waals surface area contributed by atoms with Gasteiger partial charge in [-0.1, -0.05) is 12.8 Å². The normalized spacial score (nSPS) is 18.8. The van der Waals surface area contributed by atoms with E-state index in [1.807, 2.05) is 18.5 Å². The number of carbonyl (C=O) groups is 1. The number of aromatic nitrogens is 3. The van der Waals surface area contributed by atoms with Gasteiger partial charge in [0, 0.05) is 12.5 Å². The van der Waals surface area contributed by atoms with E-state index in [1.165, 1.54) is 6.33 Å². The number of carboxylic acids is 1. The van der Waals surface area contributed by atoms with Crippen molar-refractivity contribution in [2.24, 2.45) is 5.41 Å². The summed E-state index contributed by atoms with van der Waals surface area (Å²) < 4.78 is 1.82. The Labute approximate surface area is 101 Å². The molecule has 0 bridgehead atoms. The summed E-state index contributed by atoms with van der Waals surface area (Å²) in [5, 5.41) is 13.6. The molecule has 0 atom stereocenters. The number of hydrogen-bond acceptors (Lipinski definition) is 3. The van der Waals surface area contributed by atoms with Crippen LogP contribution < -0.4 is 0 Å². The molecule has 0 amide bonds. The second kappa shape index (κ2) is 4.47. The third-order valence-corrected chi connectivity index (χ3v) is 3.65.